The van der Waals surface area contributed by atoms with Gasteiger partial charge in [0.2, 0.25) is 0 Å². The summed E-state index contributed by atoms with van der Waals surface area (Å²) in [6.07, 6.45) is 1.17. The maximum atomic E-state index is 14.2. The molecule has 0 unspecified atom stereocenters. The number of amidine groups is 1. The molecule has 2 aromatic carbocycles. The van der Waals surface area contributed by atoms with Gasteiger partial charge in [0.1, 0.15) is 11.7 Å². The van der Waals surface area contributed by atoms with Gasteiger partial charge in [-0.3, -0.25) is 15.2 Å². The largest absolute Gasteiger partial charge is 0.404 e. The molecule has 0 aliphatic heterocycles. The molecule has 0 aliphatic carbocycles. The molecule has 0 saturated heterocycles. The van der Waals surface area contributed by atoms with E-state index in [1.165, 1.54) is 18.3 Å². The van der Waals surface area contributed by atoms with E-state index in [4.69, 9.17) is 16.9 Å². The number of halogens is 1. The molecule has 0 bridgehead atoms. The first-order valence-electron chi connectivity index (χ1n) is 9.94. The van der Waals surface area contributed by atoms with Crippen molar-refractivity contribution in [1.82, 2.24) is 5.32 Å². The molecule has 0 atom stereocenters. The van der Waals surface area contributed by atoms with Gasteiger partial charge in [-0.05, 0) is 38.0 Å². The second-order valence-electron chi connectivity index (χ2n) is 7.82. The van der Waals surface area contributed by atoms with Gasteiger partial charge in [0, 0.05) is 29.6 Å². The first-order chi connectivity index (χ1) is 15.1. The van der Waals surface area contributed by atoms with Gasteiger partial charge >= 0.3 is 0 Å². The van der Waals surface area contributed by atoms with E-state index in [2.05, 4.69) is 16.4 Å². The summed E-state index contributed by atoms with van der Waals surface area (Å²) in [5.41, 5.74) is 13.4. The third-order valence-corrected chi connectivity index (χ3v) is 5.06. The fraction of sp³-hybridized carbons (Fsp3) is 0.250. The number of hydrogen-bond acceptors (Lipinski definition) is 5. The summed E-state index contributed by atoms with van der Waals surface area (Å²) in [5, 5.41) is 19.2. The predicted molar refractivity (Wildman–Crippen MR) is 123 cm³/mol. The zero-order valence-electron chi connectivity index (χ0n) is 18.4. The number of carbonyl (C=O) groups excluding carboxylic acids is 1. The van der Waals surface area contributed by atoms with Crippen LogP contribution in [0.1, 0.15) is 43.0 Å². The van der Waals surface area contributed by atoms with Crippen LogP contribution < -0.4 is 16.8 Å². The topological polar surface area (TPSA) is 141 Å². The Balaban J connectivity index is 2.03. The van der Waals surface area contributed by atoms with Crippen molar-refractivity contribution in [3.8, 4) is 6.07 Å². The number of amides is 1. The lowest BCUT2D eigenvalue weighted by atomic mass is 9.86. The first-order valence-corrected chi connectivity index (χ1v) is 9.94. The molecule has 0 saturated carbocycles. The number of nitrogens with one attached hydrogen (secondary N) is 2. The Morgan fingerprint density at radius 3 is 2.47 bits per heavy atom. The Morgan fingerprint density at radius 1 is 1.28 bits per heavy atom. The number of nitrogen functional groups attached to an aromatic ring is 1. The first kappa shape index (κ1) is 24.3. The molecule has 7 nitrogen and oxygen atoms in total. The molecule has 0 spiro atoms. The highest BCUT2D eigenvalue weighted by Gasteiger charge is 2.19. The van der Waals surface area contributed by atoms with Crippen molar-refractivity contribution < 1.29 is 9.18 Å². The van der Waals surface area contributed by atoms with Crippen LogP contribution in [0.5, 0.6) is 0 Å². The normalized spacial score (nSPS) is 12.2. The predicted octanol–water partition coefficient (Wildman–Crippen LogP) is 3.03. The average molecular weight is 435 g/mol. The fourth-order valence-corrected chi connectivity index (χ4v) is 2.88. The number of carbonyl (C=O) groups is 1. The number of nitrogens with two attached hydrogens (primary N) is 2. The van der Waals surface area contributed by atoms with Gasteiger partial charge in [0.25, 0.3) is 5.91 Å². The monoisotopic (exact) mass is 434 g/mol. The third kappa shape index (κ3) is 6.01. The summed E-state index contributed by atoms with van der Waals surface area (Å²) in [5.74, 6) is -1.28. The number of nitriles is 1. The lowest BCUT2D eigenvalue weighted by Crippen LogP contribution is -2.28. The molecule has 0 aromatic heterocycles. The molecule has 2 rings (SSSR count). The lowest BCUT2D eigenvalue weighted by molar-refractivity contribution is -0.117. The van der Waals surface area contributed by atoms with Gasteiger partial charge in [0.15, 0.2) is 0 Å². The Kier molecular flexibility index (Phi) is 7.86. The number of nitrogens with zero attached hydrogens (tertiary/aromatic N) is 2. The van der Waals surface area contributed by atoms with E-state index in [1.807, 2.05) is 38.1 Å². The molecule has 32 heavy (non-hydrogen) atoms. The van der Waals surface area contributed by atoms with Crippen molar-refractivity contribution in [1.29, 1.82) is 10.7 Å². The minimum Gasteiger partial charge on any atom is -0.404 e. The van der Waals surface area contributed by atoms with E-state index in [0.29, 0.717) is 12.3 Å². The Hall–Kier alpha value is -3.99. The molecule has 2 aromatic rings. The second-order valence-corrected chi connectivity index (χ2v) is 7.82. The highest BCUT2D eigenvalue weighted by atomic mass is 19.1. The lowest BCUT2D eigenvalue weighted by Gasteiger charge is -2.15. The summed E-state index contributed by atoms with van der Waals surface area (Å²) in [6, 6.07) is 14.0. The van der Waals surface area contributed by atoms with Gasteiger partial charge in [-0.1, -0.05) is 36.4 Å². The summed E-state index contributed by atoms with van der Waals surface area (Å²) in [6.45, 7) is 5.66. The molecular formula is C24H27FN6O. The summed E-state index contributed by atoms with van der Waals surface area (Å²) < 4.78 is 14.2. The van der Waals surface area contributed by atoms with Crippen LogP contribution in [0.3, 0.4) is 0 Å². The average Bonchev–Trinajstić information content (AvgIpc) is 2.77. The van der Waals surface area contributed by atoms with Crippen molar-refractivity contribution in [2.75, 3.05) is 0 Å². The molecule has 0 fully saturated rings. The van der Waals surface area contributed by atoms with E-state index >= 15 is 0 Å². The van der Waals surface area contributed by atoms with Crippen LogP contribution in [0.15, 0.2) is 59.2 Å². The quantitative estimate of drug-likeness (QED) is 0.288. The van der Waals surface area contributed by atoms with Crippen molar-refractivity contribution in [2.45, 2.75) is 39.3 Å². The van der Waals surface area contributed by atoms with Crippen molar-refractivity contribution in [2.24, 2.45) is 16.5 Å². The number of aliphatic imine (C=N–C) groups is 1. The summed E-state index contributed by atoms with van der Waals surface area (Å²) in [7, 11) is 0. The Morgan fingerprint density at radius 2 is 1.94 bits per heavy atom. The van der Waals surface area contributed by atoms with Gasteiger partial charge in [0.05, 0.1) is 23.6 Å². The zero-order chi connectivity index (χ0) is 23.9. The van der Waals surface area contributed by atoms with Gasteiger partial charge in [-0.25, -0.2) is 4.39 Å². The van der Waals surface area contributed by atoms with Crippen LogP contribution in [0.4, 0.5) is 4.39 Å². The highest BCUT2D eigenvalue weighted by Crippen LogP contribution is 2.22. The molecule has 0 radical (unpaired) electrons. The van der Waals surface area contributed by atoms with Crippen LogP contribution in [-0.4, -0.2) is 17.5 Å². The number of hydrogen-bond donors (Lipinski definition) is 4. The Bertz CT molecular complexity index is 1110. The maximum absolute atomic E-state index is 14.2. The van der Waals surface area contributed by atoms with E-state index in [-0.39, 0.29) is 29.1 Å². The number of rotatable bonds is 8. The molecular weight excluding hydrogens is 407 g/mol. The smallest absolute Gasteiger partial charge is 0.254 e. The molecule has 0 heterocycles. The minimum atomic E-state index is -0.572. The molecule has 166 valence electrons. The minimum absolute atomic E-state index is 0.0520. The van der Waals surface area contributed by atoms with Crippen LogP contribution >= 0.6 is 0 Å². The van der Waals surface area contributed by atoms with E-state index in [1.54, 1.807) is 6.92 Å². The molecule has 1 amide bonds. The van der Waals surface area contributed by atoms with E-state index < -0.39 is 17.1 Å². The highest BCUT2D eigenvalue weighted by molar-refractivity contribution is 6.20. The van der Waals surface area contributed by atoms with Gasteiger partial charge in [-0.15, -0.1) is 0 Å². The van der Waals surface area contributed by atoms with Crippen molar-refractivity contribution >= 4 is 17.5 Å². The van der Waals surface area contributed by atoms with Crippen LogP contribution in [0.2, 0.25) is 0 Å². The maximum Gasteiger partial charge on any atom is 0.254 e. The van der Waals surface area contributed by atoms with Crippen LogP contribution in [0.25, 0.3) is 0 Å². The zero-order valence-corrected chi connectivity index (χ0v) is 18.4. The van der Waals surface area contributed by atoms with Gasteiger partial charge in [-0.2, -0.15) is 5.26 Å². The summed E-state index contributed by atoms with van der Waals surface area (Å²) in [4.78, 5) is 17.0. The third-order valence-electron chi connectivity index (χ3n) is 5.06. The Labute approximate surface area is 187 Å². The molecule has 0 aliphatic rings. The fourth-order valence-electron chi connectivity index (χ4n) is 2.88. The SMILES string of the molecule is CC(=NCc1ccc(C(C)(C)C#N)cc1)/C(=C\N)C(=O)NCc1ccc(C(=N)N)cc1F. The molecule has 8 heteroatoms. The van der Waals surface area contributed by atoms with Crippen molar-refractivity contribution in [3.63, 3.8) is 0 Å². The van der Waals surface area contributed by atoms with Gasteiger partial charge < -0.3 is 16.8 Å². The number of benzene rings is 2. The van der Waals surface area contributed by atoms with Crippen LogP contribution in [0, 0.1) is 22.6 Å². The second kappa shape index (κ2) is 10.4. The van der Waals surface area contributed by atoms with E-state index in [0.717, 1.165) is 17.2 Å². The van der Waals surface area contributed by atoms with Crippen molar-refractivity contribution in [3.05, 3.63) is 82.3 Å². The van der Waals surface area contributed by atoms with E-state index in [9.17, 15) is 14.4 Å². The molecule has 6 N–H and O–H groups in total. The summed E-state index contributed by atoms with van der Waals surface area (Å²) >= 11 is 0. The van der Waals surface area contributed by atoms with Crippen LogP contribution in [-0.2, 0) is 23.3 Å². The standard InChI is InChI=1S/C24H27FN6O/c1-15(30-12-16-4-8-19(9-5-16)24(2,3)14-27)20(11-26)23(32)31-13-18-7-6-17(22(28)29)10-21(18)25/h4-11H,12-13,26H2,1-3H3,(H3,28,29)(H,31,32)/b20-11+,30-15?.